The minimum atomic E-state index is 0. The molecule has 0 saturated heterocycles. The predicted molar refractivity (Wildman–Crippen MR) is 108 cm³/mol. The van der Waals surface area contributed by atoms with Crippen molar-refractivity contribution >= 4 is 0 Å². The number of rotatable bonds is 4. The van der Waals surface area contributed by atoms with Gasteiger partial charge in [0, 0.05) is 27.4 Å². The van der Waals surface area contributed by atoms with Crippen molar-refractivity contribution in [1.82, 2.24) is 0 Å². The molecule has 2 aliphatic rings. The average Bonchev–Trinajstić information content (AvgIpc) is 2.76. The number of hydrogen-bond donors (Lipinski definition) is 0. The molecule has 2 fully saturated rings. The first-order valence-corrected chi connectivity index (χ1v) is 10.6. The standard InChI is InChI=1S/C17H32.2C2H6.3F2.FH/c1-17(2,13-15-9-5-3-6-10-15)14-16-11-7-4-8-12-16;5*1-2;/h15-16H,3-14H2,1-2H3;2*1-2H3;;;;1H. The Morgan fingerprint density at radius 1 is 0.536 bits per heavy atom. The van der Waals surface area contributed by atoms with Gasteiger partial charge in [-0.25, -0.2) is 0 Å². The summed E-state index contributed by atoms with van der Waals surface area (Å²) in [6.45, 7) is 13.1. The Labute approximate surface area is 168 Å². The lowest BCUT2D eigenvalue weighted by molar-refractivity contribution is 0.108. The van der Waals surface area contributed by atoms with Gasteiger partial charge in [-0.3, -0.25) is 4.70 Å². The Hall–Kier alpha value is -0.490. The molecule has 0 unspecified atom stereocenters. The maximum Gasteiger partial charge on any atom is 0 e. The van der Waals surface area contributed by atoms with E-state index in [1.807, 2.05) is 27.7 Å². The first-order valence-electron chi connectivity index (χ1n) is 10.6. The van der Waals surface area contributed by atoms with E-state index in [1.165, 1.54) is 77.0 Å². The van der Waals surface area contributed by atoms with Crippen molar-refractivity contribution in [3.63, 3.8) is 0 Å². The van der Waals surface area contributed by atoms with Crippen LogP contribution in [0.2, 0.25) is 0 Å². The quantitative estimate of drug-likeness (QED) is 0.389. The Bertz CT molecular complexity index is 205. The topological polar surface area (TPSA) is 0 Å². The number of halogens is 7. The van der Waals surface area contributed by atoms with Crippen molar-refractivity contribution in [3.05, 3.63) is 0 Å². The van der Waals surface area contributed by atoms with Crippen LogP contribution in [0.3, 0.4) is 0 Å². The summed E-state index contributed by atoms with van der Waals surface area (Å²) < 4.78 is 48.0. The highest BCUT2D eigenvalue weighted by Crippen LogP contribution is 2.41. The van der Waals surface area contributed by atoms with Gasteiger partial charge in [0.1, 0.15) is 0 Å². The second kappa shape index (κ2) is 31.2. The van der Waals surface area contributed by atoms with E-state index < -0.39 is 0 Å². The molecule has 0 atom stereocenters. The van der Waals surface area contributed by atoms with E-state index in [-0.39, 0.29) is 4.70 Å². The van der Waals surface area contributed by atoms with Crippen molar-refractivity contribution < 1.29 is 32.1 Å². The molecule has 2 aliphatic carbocycles. The van der Waals surface area contributed by atoms with Crippen LogP contribution < -0.4 is 0 Å². The lowest BCUT2D eigenvalue weighted by Gasteiger charge is -2.35. The van der Waals surface area contributed by atoms with Gasteiger partial charge >= 0.3 is 0 Å². The van der Waals surface area contributed by atoms with Crippen LogP contribution in [0.4, 0.5) is 32.1 Å². The second-order valence-electron chi connectivity index (χ2n) is 7.58. The van der Waals surface area contributed by atoms with Crippen LogP contribution in [-0.2, 0) is 0 Å². The fraction of sp³-hybridized carbons (Fsp3) is 1.00. The summed E-state index contributed by atoms with van der Waals surface area (Å²) in [5.41, 5.74) is 0.615. The predicted octanol–water partition coefficient (Wildman–Crippen LogP) is 10.7. The molecular formula is C21H45F7. The molecule has 2 rings (SSSR count). The van der Waals surface area contributed by atoms with Gasteiger partial charge in [0.15, 0.2) is 0 Å². The van der Waals surface area contributed by atoms with E-state index in [1.54, 1.807) is 0 Å². The highest BCUT2D eigenvalue weighted by molar-refractivity contribution is 4.80. The first-order chi connectivity index (χ1) is 13.2. The summed E-state index contributed by atoms with van der Waals surface area (Å²) in [6, 6.07) is 0. The zero-order chi connectivity index (χ0) is 22.1. The SMILES string of the molecule is CC.CC.CC(C)(CC1CCCCC1)CC1CCCCC1.F.FF.FF.FF. The third-order valence-corrected chi connectivity index (χ3v) is 5.13. The van der Waals surface area contributed by atoms with E-state index in [0.717, 1.165) is 11.8 Å². The van der Waals surface area contributed by atoms with Crippen LogP contribution in [0.25, 0.3) is 0 Å². The molecule has 178 valence electrons. The molecule has 28 heavy (non-hydrogen) atoms. The van der Waals surface area contributed by atoms with Crippen LogP contribution in [0.5, 0.6) is 0 Å². The molecule has 2 saturated carbocycles. The summed E-state index contributed by atoms with van der Waals surface area (Å²) >= 11 is 0. The van der Waals surface area contributed by atoms with E-state index >= 15 is 0 Å². The maximum absolute atomic E-state index is 8.00. The summed E-state index contributed by atoms with van der Waals surface area (Å²) in [5.74, 6) is 2.12. The summed E-state index contributed by atoms with van der Waals surface area (Å²) in [6.07, 6.45) is 18.1. The monoisotopic (exact) mass is 430 g/mol. The molecule has 0 aromatic carbocycles. The molecule has 0 aliphatic heterocycles. The van der Waals surface area contributed by atoms with Gasteiger partial charge in [-0.05, 0) is 30.1 Å². The van der Waals surface area contributed by atoms with Crippen LogP contribution >= 0.6 is 0 Å². The van der Waals surface area contributed by atoms with Crippen molar-refractivity contribution in [2.24, 2.45) is 17.3 Å². The van der Waals surface area contributed by atoms with Crippen LogP contribution in [-0.4, -0.2) is 0 Å². The third kappa shape index (κ3) is 23.5. The molecule has 7 heteroatoms. The summed E-state index contributed by atoms with van der Waals surface area (Å²) in [7, 11) is 0. The summed E-state index contributed by atoms with van der Waals surface area (Å²) in [4.78, 5) is 0. The molecule has 0 N–H and O–H groups in total. The zero-order valence-corrected chi connectivity index (χ0v) is 18.8. The van der Waals surface area contributed by atoms with Crippen LogP contribution in [0.1, 0.15) is 119 Å². The molecule has 0 bridgehead atoms. The maximum atomic E-state index is 8.00. The van der Waals surface area contributed by atoms with Crippen molar-refractivity contribution in [2.75, 3.05) is 0 Å². The molecule has 0 aromatic heterocycles. The minimum absolute atomic E-state index is 0. The van der Waals surface area contributed by atoms with E-state index in [9.17, 15) is 0 Å². The molecule has 0 aromatic rings. The molecule has 0 radical (unpaired) electrons. The lowest BCUT2D eigenvalue weighted by atomic mass is 9.70. The van der Waals surface area contributed by atoms with Gasteiger partial charge in [0.25, 0.3) is 0 Å². The van der Waals surface area contributed by atoms with E-state index in [0.29, 0.717) is 5.41 Å². The average molecular weight is 431 g/mol. The van der Waals surface area contributed by atoms with E-state index in [2.05, 4.69) is 13.8 Å². The Morgan fingerprint density at radius 3 is 0.964 bits per heavy atom. The second-order valence-corrected chi connectivity index (χ2v) is 7.58. The Balaban J connectivity index is -0.000000140. The van der Waals surface area contributed by atoms with Gasteiger partial charge < -0.3 is 0 Å². The Morgan fingerprint density at radius 2 is 0.750 bits per heavy atom. The number of hydrogen-bond acceptors (Lipinski definition) is 0. The van der Waals surface area contributed by atoms with Crippen molar-refractivity contribution in [1.29, 1.82) is 0 Å². The highest BCUT2D eigenvalue weighted by Gasteiger charge is 2.28. The van der Waals surface area contributed by atoms with Gasteiger partial charge in [-0.15, -0.1) is 0 Å². The van der Waals surface area contributed by atoms with E-state index in [4.69, 9.17) is 27.4 Å². The van der Waals surface area contributed by atoms with Gasteiger partial charge in [0.05, 0.1) is 0 Å². The van der Waals surface area contributed by atoms with Gasteiger partial charge in [0.2, 0.25) is 0 Å². The third-order valence-electron chi connectivity index (χ3n) is 5.13. The van der Waals surface area contributed by atoms with Gasteiger partial charge in [-0.1, -0.05) is 106 Å². The molecule has 0 nitrogen and oxygen atoms in total. The smallest absolute Gasteiger partial charge is 0 e. The fourth-order valence-electron chi connectivity index (χ4n) is 4.43. The normalized spacial score (nSPS) is 16.3. The zero-order valence-electron chi connectivity index (χ0n) is 18.8. The first kappa shape index (κ1) is 38.2. The van der Waals surface area contributed by atoms with Crippen molar-refractivity contribution in [2.45, 2.75) is 119 Å². The molecule has 0 amide bonds. The van der Waals surface area contributed by atoms with Crippen LogP contribution in [0, 0.1) is 17.3 Å². The van der Waals surface area contributed by atoms with Gasteiger partial charge in [-0.2, -0.15) is 0 Å². The highest BCUT2D eigenvalue weighted by atomic mass is 20.0. The summed E-state index contributed by atoms with van der Waals surface area (Å²) in [5, 5.41) is 0. The molecular weight excluding hydrogens is 385 g/mol. The molecule has 0 spiro atoms. The molecule has 0 heterocycles. The Kier molecular flexibility index (Phi) is 42.5. The minimum Gasteiger partial charge on any atom is -0.269 e. The largest absolute Gasteiger partial charge is 0.269 e. The lowest BCUT2D eigenvalue weighted by Crippen LogP contribution is -2.23. The van der Waals surface area contributed by atoms with Crippen molar-refractivity contribution in [3.8, 4) is 0 Å². The van der Waals surface area contributed by atoms with Crippen LogP contribution in [0.15, 0.2) is 0 Å². The fourth-order valence-corrected chi connectivity index (χ4v) is 4.43.